The first kappa shape index (κ1) is 25.2. The normalized spacial score (nSPS) is 20.7. The highest BCUT2D eigenvalue weighted by atomic mass is 19.4. The molecule has 37 heavy (non-hydrogen) atoms. The Hall–Kier alpha value is -3.43. The first-order valence-electron chi connectivity index (χ1n) is 12.4. The molecular formula is C27H29F3N4O3. The molecular weight excluding hydrogens is 485 g/mol. The molecule has 2 saturated carbocycles. The second kappa shape index (κ2) is 9.15. The van der Waals surface area contributed by atoms with Gasteiger partial charge in [-0.3, -0.25) is 4.98 Å². The summed E-state index contributed by atoms with van der Waals surface area (Å²) in [5, 5.41) is 4.14. The maximum atomic E-state index is 13.3. The molecule has 196 valence electrons. The van der Waals surface area contributed by atoms with Crippen molar-refractivity contribution in [3.8, 4) is 11.6 Å². The number of halogens is 3. The van der Waals surface area contributed by atoms with Crippen LogP contribution in [0.3, 0.4) is 0 Å². The average Bonchev–Trinajstić information content (AvgIpc) is 3.44. The van der Waals surface area contributed by atoms with Gasteiger partial charge in [0.25, 0.3) is 5.89 Å². The highest BCUT2D eigenvalue weighted by Gasteiger charge is 2.52. The van der Waals surface area contributed by atoms with Crippen molar-refractivity contribution in [1.82, 2.24) is 20.0 Å². The lowest BCUT2D eigenvalue weighted by Crippen LogP contribution is -2.50. The van der Waals surface area contributed by atoms with Crippen LogP contribution in [0.2, 0.25) is 0 Å². The summed E-state index contributed by atoms with van der Waals surface area (Å²) in [5.74, 6) is 0.504. The fourth-order valence-electron chi connectivity index (χ4n) is 4.87. The van der Waals surface area contributed by atoms with Crippen molar-refractivity contribution in [3.63, 3.8) is 0 Å². The highest BCUT2D eigenvalue weighted by Crippen LogP contribution is 2.49. The van der Waals surface area contributed by atoms with Crippen LogP contribution >= 0.6 is 0 Å². The summed E-state index contributed by atoms with van der Waals surface area (Å²) in [6.07, 6.45) is -0.643. The number of hydrogen-bond acceptors (Lipinski definition) is 6. The maximum absolute atomic E-state index is 13.3. The zero-order valence-corrected chi connectivity index (χ0v) is 21.0. The monoisotopic (exact) mass is 514 g/mol. The second-order valence-electron chi connectivity index (χ2n) is 10.9. The third kappa shape index (κ3) is 5.33. The Morgan fingerprint density at radius 3 is 2.51 bits per heavy atom. The molecule has 2 aromatic heterocycles. The molecule has 5 rings (SSSR count). The van der Waals surface area contributed by atoms with E-state index < -0.39 is 28.8 Å². The lowest BCUT2D eigenvalue weighted by molar-refractivity contribution is -0.137. The van der Waals surface area contributed by atoms with E-state index in [1.54, 1.807) is 4.90 Å². The number of carbonyl (C=O) groups excluding carboxylic acids is 1. The molecule has 2 aliphatic rings. The minimum absolute atomic E-state index is 0.0220. The van der Waals surface area contributed by atoms with E-state index in [2.05, 4.69) is 27.3 Å². The molecule has 10 heteroatoms. The van der Waals surface area contributed by atoms with Crippen LogP contribution in [0.15, 0.2) is 53.2 Å². The minimum Gasteiger partial charge on any atom is -0.444 e. The first-order chi connectivity index (χ1) is 17.5. The summed E-state index contributed by atoms with van der Waals surface area (Å²) in [4.78, 5) is 23.6. The van der Waals surface area contributed by atoms with Crippen LogP contribution in [0.4, 0.5) is 18.0 Å². The molecule has 0 aliphatic heterocycles. The minimum atomic E-state index is -4.51. The zero-order valence-electron chi connectivity index (χ0n) is 21.0. The maximum Gasteiger partial charge on any atom is 0.416 e. The van der Waals surface area contributed by atoms with Gasteiger partial charge in [0.2, 0.25) is 0 Å². The molecule has 1 aromatic carbocycles. The lowest BCUT2D eigenvalue weighted by Gasteiger charge is -2.43. The van der Waals surface area contributed by atoms with E-state index in [0.29, 0.717) is 12.4 Å². The number of pyridine rings is 1. The van der Waals surface area contributed by atoms with Crippen LogP contribution < -0.4 is 0 Å². The smallest absolute Gasteiger partial charge is 0.416 e. The number of ether oxygens (including phenoxy) is 1. The van der Waals surface area contributed by atoms with Gasteiger partial charge in [-0.15, -0.1) is 0 Å². The Kier molecular flexibility index (Phi) is 6.24. The van der Waals surface area contributed by atoms with Gasteiger partial charge >= 0.3 is 12.3 Å². The lowest BCUT2D eigenvalue weighted by atomic mass is 9.67. The van der Waals surface area contributed by atoms with Crippen LogP contribution in [0, 0.1) is 0 Å². The van der Waals surface area contributed by atoms with Crippen LogP contribution in [-0.4, -0.2) is 44.3 Å². The van der Waals surface area contributed by atoms with Gasteiger partial charge in [-0.05, 0) is 57.7 Å². The summed E-state index contributed by atoms with van der Waals surface area (Å²) in [5.41, 5.74) is -0.940. The van der Waals surface area contributed by atoms with Gasteiger partial charge in [0.15, 0.2) is 5.82 Å². The SMILES string of the molecule is CC(C)(C)OC(=O)N(CC1(c2noc(-c3cc(C(F)(F)F)ccn3)n2)CCC1)C1CC1c1ccccc1. The number of carbonyl (C=O) groups is 1. The Morgan fingerprint density at radius 1 is 1.16 bits per heavy atom. The third-order valence-electron chi connectivity index (χ3n) is 7.00. The van der Waals surface area contributed by atoms with Gasteiger partial charge < -0.3 is 14.2 Å². The Bertz CT molecular complexity index is 1270. The van der Waals surface area contributed by atoms with Gasteiger partial charge in [-0.2, -0.15) is 18.2 Å². The van der Waals surface area contributed by atoms with E-state index in [4.69, 9.17) is 9.26 Å². The van der Waals surface area contributed by atoms with Crippen molar-refractivity contribution in [3.05, 3.63) is 65.6 Å². The van der Waals surface area contributed by atoms with Crippen molar-refractivity contribution in [2.24, 2.45) is 0 Å². The van der Waals surface area contributed by atoms with Crippen molar-refractivity contribution >= 4 is 6.09 Å². The van der Waals surface area contributed by atoms with Crippen molar-refractivity contribution in [2.75, 3.05) is 6.54 Å². The molecule has 1 amide bonds. The molecule has 2 atom stereocenters. The highest BCUT2D eigenvalue weighted by molar-refractivity contribution is 5.70. The van der Waals surface area contributed by atoms with Gasteiger partial charge in [-0.25, -0.2) is 4.79 Å². The predicted molar refractivity (Wildman–Crippen MR) is 129 cm³/mol. The van der Waals surface area contributed by atoms with Gasteiger partial charge in [0.1, 0.15) is 11.3 Å². The summed E-state index contributed by atoms with van der Waals surface area (Å²) < 4.78 is 50.6. The molecule has 2 fully saturated rings. The van der Waals surface area contributed by atoms with Gasteiger partial charge in [0.05, 0.1) is 11.0 Å². The van der Waals surface area contributed by atoms with Gasteiger partial charge in [-0.1, -0.05) is 41.9 Å². The number of benzene rings is 1. The summed E-state index contributed by atoms with van der Waals surface area (Å²) in [7, 11) is 0. The average molecular weight is 515 g/mol. The van der Waals surface area contributed by atoms with E-state index in [1.807, 2.05) is 39.0 Å². The number of nitrogens with zero attached hydrogens (tertiary/aromatic N) is 4. The van der Waals surface area contributed by atoms with Crippen molar-refractivity contribution in [2.45, 2.75) is 75.6 Å². The molecule has 0 N–H and O–H groups in total. The molecule has 0 bridgehead atoms. The Balaban J connectivity index is 1.41. The predicted octanol–water partition coefficient (Wildman–Crippen LogP) is 6.37. The number of amides is 1. The van der Waals surface area contributed by atoms with Crippen LogP contribution in [0.5, 0.6) is 0 Å². The first-order valence-corrected chi connectivity index (χ1v) is 12.4. The third-order valence-corrected chi connectivity index (χ3v) is 7.00. The fraction of sp³-hybridized carbons (Fsp3) is 0.481. The largest absolute Gasteiger partial charge is 0.444 e. The Labute approximate surface area is 213 Å². The second-order valence-corrected chi connectivity index (χ2v) is 10.9. The molecule has 0 saturated heterocycles. The molecule has 2 heterocycles. The van der Waals surface area contributed by atoms with E-state index in [-0.39, 0.29) is 23.5 Å². The standard InChI is InChI=1S/C27H29F3N4O3/c1-25(2,3)36-24(35)34(21-15-19(21)17-8-5-4-6-9-17)16-26(11-7-12-26)23-32-22(37-33-23)20-14-18(10-13-31-20)27(28,29)30/h4-6,8-10,13-14,19,21H,7,11-12,15-16H2,1-3H3. The van der Waals surface area contributed by atoms with E-state index in [0.717, 1.165) is 44.0 Å². The van der Waals surface area contributed by atoms with Crippen LogP contribution in [0.1, 0.15) is 69.3 Å². The van der Waals surface area contributed by atoms with E-state index in [9.17, 15) is 18.0 Å². The van der Waals surface area contributed by atoms with E-state index in [1.165, 1.54) is 5.56 Å². The molecule has 0 spiro atoms. The Morgan fingerprint density at radius 2 is 1.89 bits per heavy atom. The molecule has 2 aliphatic carbocycles. The molecule has 0 radical (unpaired) electrons. The zero-order chi connectivity index (χ0) is 26.4. The molecule has 7 nitrogen and oxygen atoms in total. The number of aromatic nitrogens is 3. The number of hydrogen-bond donors (Lipinski definition) is 0. The van der Waals surface area contributed by atoms with Crippen LogP contribution in [-0.2, 0) is 16.3 Å². The quantitative estimate of drug-likeness (QED) is 0.381. The number of rotatable bonds is 6. The molecule has 3 aromatic rings. The topological polar surface area (TPSA) is 81.4 Å². The van der Waals surface area contributed by atoms with Gasteiger partial charge in [0, 0.05) is 24.7 Å². The summed E-state index contributed by atoms with van der Waals surface area (Å²) in [6, 6.07) is 11.8. The van der Waals surface area contributed by atoms with Crippen molar-refractivity contribution in [1.29, 1.82) is 0 Å². The van der Waals surface area contributed by atoms with Crippen LogP contribution in [0.25, 0.3) is 11.6 Å². The number of alkyl halides is 3. The fourth-order valence-corrected chi connectivity index (χ4v) is 4.87. The van der Waals surface area contributed by atoms with Crippen molar-refractivity contribution < 1.29 is 27.2 Å². The summed E-state index contributed by atoms with van der Waals surface area (Å²) in [6.45, 7) is 5.83. The molecule has 2 unspecified atom stereocenters. The summed E-state index contributed by atoms with van der Waals surface area (Å²) >= 11 is 0. The van der Waals surface area contributed by atoms with E-state index >= 15 is 0 Å².